The molecule has 2 aromatic heterocycles. The summed E-state index contributed by atoms with van der Waals surface area (Å²) < 4.78 is 19.9. The molecule has 1 saturated heterocycles. The van der Waals surface area contributed by atoms with Gasteiger partial charge in [0.15, 0.2) is 11.3 Å². The number of benzene rings is 1. The zero-order valence-corrected chi connectivity index (χ0v) is 13.8. The molecule has 0 spiro atoms. The van der Waals surface area contributed by atoms with Crippen LogP contribution in [0.25, 0.3) is 11.0 Å². The van der Waals surface area contributed by atoms with Gasteiger partial charge in [0.1, 0.15) is 0 Å². The molecule has 5 nitrogen and oxygen atoms in total. The second kappa shape index (κ2) is 5.53. The Bertz CT molecular complexity index is 847. The molecular formula is C16H14Cl2N2O3. The number of furan rings is 1. The molecule has 23 heavy (non-hydrogen) atoms. The fourth-order valence-electron chi connectivity index (χ4n) is 2.82. The van der Waals surface area contributed by atoms with Gasteiger partial charge in [0, 0.05) is 22.8 Å². The number of imidazole rings is 1. The summed E-state index contributed by atoms with van der Waals surface area (Å²) in [5.74, 6) is -0.440. The van der Waals surface area contributed by atoms with Crippen LogP contribution in [0.5, 0.6) is 0 Å². The minimum absolute atomic E-state index is 0.0363. The number of nitrogens with zero attached hydrogens (tertiary/aromatic N) is 2. The molecule has 120 valence electrons. The first kappa shape index (κ1) is 15.0. The highest BCUT2D eigenvalue weighted by molar-refractivity contribution is 6.38. The molecule has 0 radical (unpaired) electrons. The Balaban J connectivity index is 1.82. The molecular weight excluding hydrogens is 339 g/mol. The van der Waals surface area contributed by atoms with E-state index in [1.165, 1.54) is 0 Å². The Morgan fingerprint density at radius 2 is 2.22 bits per heavy atom. The highest BCUT2D eigenvalue weighted by atomic mass is 35.5. The van der Waals surface area contributed by atoms with Crippen molar-refractivity contribution in [2.24, 2.45) is 0 Å². The lowest BCUT2D eigenvalue weighted by molar-refractivity contribution is -0.196. The molecule has 1 aliphatic heterocycles. The standard InChI is InChI=1S/C16H14Cl2N2O3/c1-10-7-21-16(23-10,8-20-3-2-19-9-20)14-5-11-4-12(17)6-13(18)15(11)22-14/h2-6,9-10H,7-8H2,1H3. The number of hydrogen-bond donors (Lipinski definition) is 0. The zero-order valence-electron chi connectivity index (χ0n) is 12.3. The quantitative estimate of drug-likeness (QED) is 0.707. The van der Waals surface area contributed by atoms with E-state index in [0.717, 1.165) is 5.39 Å². The molecule has 0 aliphatic carbocycles. The van der Waals surface area contributed by atoms with Crippen LogP contribution in [0.2, 0.25) is 10.0 Å². The van der Waals surface area contributed by atoms with Crippen molar-refractivity contribution in [3.63, 3.8) is 0 Å². The van der Waals surface area contributed by atoms with Crippen molar-refractivity contribution in [1.29, 1.82) is 0 Å². The van der Waals surface area contributed by atoms with Crippen molar-refractivity contribution < 1.29 is 13.9 Å². The second-order valence-corrected chi connectivity index (χ2v) is 6.49. The Labute approximate surface area is 142 Å². The highest BCUT2D eigenvalue weighted by Crippen LogP contribution is 2.40. The Morgan fingerprint density at radius 3 is 2.91 bits per heavy atom. The fraction of sp³-hybridized carbons (Fsp3) is 0.312. The molecule has 0 bridgehead atoms. The van der Waals surface area contributed by atoms with E-state index in [0.29, 0.717) is 34.5 Å². The van der Waals surface area contributed by atoms with E-state index in [1.807, 2.05) is 23.8 Å². The summed E-state index contributed by atoms with van der Waals surface area (Å²) in [7, 11) is 0. The van der Waals surface area contributed by atoms with E-state index in [4.69, 9.17) is 37.1 Å². The summed E-state index contributed by atoms with van der Waals surface area (Å²) in [5.41, 5.74) is 0.572. The van der Waals surface area contributed by atoms with Gasteiger partial charge in [-0.3, -0.25) is 0 Å². The number of halogens is 2. The monoisotopic (exact) mass is 352 g/mol. The normalized spacial score (nSPS) is 24.6. The lowest BCUT2D eigenvalue weighted by Crippen LogP contribution is -2.32. The van der Waals surface area contributed by atoms with Crippen LogP contribution in [-0.4, -0.2) is 22.3 Å². The van der Waals surface area contributed by atoms with Gasteiger partial charge in [-0.2, -0.15) is 0 Å². The maximum Gasteiger partial charge on any atom is 0.247 e. The molecule has 7 heteroatoms. The summed E-state index contributed by atoms with van der Waals surface area (Å²) in [5, 5.41) is 1.83. The summed E-state index contributed by atoms with van der Waals surface area (Å²) in [4.78, 5) is 4.06. The van der Waals surface area contributed by atoms with Gasteiger partial charge in [0.05, 0.1) is 30.6 Å². The van der Waals surface area contributed by atoms with Gasteiger partial charge in [-0.25, -0.2) is 4.98 Å². The largest absolute Gasteiger partial charge is 0.454 e. The van der Waals surface area contributed by atoms with Crippen molar-refractivity contribution >= 4 is 34.2 Å². The van der Waals surface area contributed by atoms with Crippen LogP contribution in [0, 0.1) is 0 Å². The fourth-order valence-corrected chi connectivity index (χ4v) is 3.37. The lowest BCUT2D eigenvalue weighted by atomic mass is 10.1. The van der Waals surface area contributed by atoms with Gasteiger partial charge in [0.25, 0.3) is 0 Å². The van der Waals surface area contributed by atoms with Crippen LogP contribution in [0.4, 0.5) is 0 Å². The number of ether oxygens (including phenoxy) is 2. The predicted molar refractivity (Wildman–Crippen MR) is 86.6 cm³/mol. The van der Waals surface area contributed by atoms with Crippen LogP contribution in [0.15, 0.2) is 41.3 Å². The maximum atomic E-state index is 6.22. The minimum atomic E-state index is -1.01. The molecule has 4 rings (SSSR count). The first-order chi connectivity index (χ1) is 11.1. The third-order valence-corrected chi connectivity index (χ3v) is 4.30. The summed E-state index contributed by atoms with van der Waals surface area (Å²) in [6, 6.07) is 5.32. The number of fused-ring (bicyclic) bond motifs is 1. The van der Waals surface area contributed by atoms with Gasteiger partial charge in [-0.05, 0) is 25.1 Å². The molecule has 2 atom stereocenters. The summed E-state index contributed by atoms with van der Waals surface area (Å²) in [6.07, 6.45) is 5.24. The Hall–Kier alpha value is -1.53. The number of hydrogen-bond acceptors (Lipinski definition) is 4. The number of aromatic nitrogens is 2. The van der Waals surface area contributed by atoms with Gasteiger partial charge < -0.3 is 18.5 Å². The number of rotatable bonds is 3. The average Bonchev–Trinajstić information content (AvgIpc) is 3.19. The Morgan fingerprint density at radius 1 is 1.35 bits per heavy atom. The first-order valence-electron chi connectivity index (χ1n) is 7.22. The van der Waals surface area contributed by atoms with E-state index in [1.54, 1.807) is 24.7 Å². The van der Waals surface area contributed by atoms with E-state index in [-0.39, 0.29) is 6.10 Å². The predicted octanol–water partition coefficient (Wildman–Crippen LogP) is 4.22. The topological polar surface area (TPSA) is 49.4 Å². The van der Waals surface area contributed by atoms with Gasteiger partial charge >= 0.3 is 0 Å². The van der Waals surface area contributed by atoms with Crippen LogP contribution in [0.3, 0.4) is 0 Å². The molecule has 1 fully saturated rings. The van der Waals surface area contributed by atoms with Crippen molar-refractivity contribution in [2.45, 2.75) is 25.4 Å². The third kappa shape index (κ3) is 2.64. The van der Waals surface area contributed by atoms with Crippen LogP contribution in [0.1, 0.15) is 12.7 Å². The SMILES string of the molecule is CC1COC(Cn2ccnc2)(c2cc3cc(Cl)cc(Cl)c3o2)O1. The van der Waals surface area contributed by atoms with Crippen molar-refractivity contribution in [3.05, 3.63) is 52.7 Å². The Kier molecular flexibility index (Phi) is 3.61. The van der Waals surface area contributed by atoms with Crippen molar-refractivity contribution in [1.82, 2.24) is 9.55 Å². The molecule has 3 heterocycles. The molecule has 1 aromatic carbocycles. The molecule has 0 N–H and O–H groups in total. The molecule has 0 amide bonds. The summed E-state index contributed by atoms with van der Waals surface area (Å²) in [6.45, 7) is 2.88. The minimum Gasteiger partial charge on any atom is -0.454 e. The highest BCUT2D eigenvalue weighted by Gasteiger charge is 2.45. The third-order valence-electron chi connectivity index (χ3n) is 3.80. The molecule has 0 saturated carbocycles. The average molecular weight is 353 g/mol. The van der Waals surface area contributed by atoms with Crippen LogP contribution >= 0.6 is 23.2 Å². The van der Waals surface area contributed by atoms with Crippen LogP contribution in [-0.2, 0) is 21.8 Å². The first-order valence-corrected chi connectivity index (χ1v) is 7.98. The maximum absolute atomic E-state index is 6.22. The van der Waals surface area contributed by atoms with Crippen molar-refractivity contribution in [3.8, 4) is 0 Å². The zero-order chi connectivity index (χ0) is 16.0. The smallest absolute Gasteiger partial charge is 0.247 e. The van der Waals surface area contributed by atoms with Crippen LogP contribution < -0.4 is 0 Å². The molecule has 3 aromatic rings. The van der Waals surface area contributed by atoms with Gasteiger partial charge in [-0.1, -0.05) is 23.2 Å². The van der Waals surface area contributed by atoms with Crippen molar-refractivity contribution in [2.75, 3.05) is 6.61 Å². The molecule has 1 aliphatic rings. The van der Waals surface area contributed by atoms with Gasteiger partial charge in [-0.15, -0.1) is 0 Å². The van der Waals surface area contributed by atoms with Gasteiger partial charge in [0.2, 0.25) is 5.79 Å². The lowest BCUT2D eigenvalue weighted by Gasteiger charge is -2.25. The summed E-state index contributed by atoms with van der Waals surface area (Å²) >= 11 is 12.3. The van der Waals surface area contributed by atoms with E-state index in [2.05, 4.69) is 4.98 Å². The van der Waals surface area contributed by atoms with E-state index >= 15 is 0 Å². The molecule has 2 unspecified atom stereocenters. The second-order valence-electron chi connectivity index (χ2n) is 5.64. The van der Waals surface area contributed by atoms with E-state index in [9.17, 15) is 0 Å². The van der Waals surface area contributed by atoms with E-state index < -0.39 is 5.79 Å².